The van der Waals surface area contributed by atoms with Crippen LogP contribution in [0.5, 0.6) is 0 Å². The Labute approximate surface area is 145 Å². The first kappa shape index (κ1) is 17.1. The van der Waals surface area contributed by atoms with Gasteiger partial charge in [-0.15, -0.1) is 0 Å². The van der Waals surface area contributed by atoms with Crippen molar-refractivity contribution in [2.24, 2.45) is 0 Å². The number of sulfone groups is 1. The standard InChI is InChI=1S/C17H17N3O4S/c1-4-24-17(21)14-15(12-8-5-7-11(2)18-12)19-20-10-6-9-13(16(14)20)25(3,22)23/h5-10H,4H2,1-3H3. The van der Waals surface area contributed by atoms with Gasteiger partial charge in [0.15, 0.2) is 9.84 Å². The largest absolute Gasteiger partial charge is 0.462 e. The van der Waals surface area contributed by atoms with Crippen LogP contribution < -0.4 is 0 Å². The van der Waals surface area contributed by atoms with Gasteiger partial charge in [0.25, 0.3) is 0 Å². The molecule has 0 atom stereocenters. The molecule has 0 fully saturated rings. The lowest BCUT2D eigenvalue weighted by Crippen LogP contribution is -2.08. The maximum atomic E-state index is 12.6. The summed E-state index contributed by atoms with van der Waals surface area (Å²) >= 11 is 0. The Morgan fingerprint density at radius 2 is 2.00 bits per heavy atom. The zero-order valence-corrected chi connectivity index (χ0v) is 14.9. The van der Waals surface area contributed by atoms with Gasteiger partial charge in [-0.25, -0.2) is 17.7 Å². The van der Waals surface area contributed by atoms with Crippen LogP contribution in [0.4, 0.5) is 0 Å². The Bertz CT molecular complexity index is 1070. The quantitative estimate of drug-likeness (QED) is 0.664. The zero-order valence-electron chi connectivity index (χ0n) is 14.1. The van der Waals surface area contributed by atoms with E-state index in [4.69, 9.17) is 4.74 Å². The number of carbonyl (C=O) groups is 1. The minimum atomic E-state index is -3.57. The van der Waals surface area contributed by atoms with E-state index in [0.29, 0.717) is 11.4 Å². The third-order valence-electron chi connectivity index (χ3n) is 3.63. The maximum Gasteiger partial charge on any atom is 0.342 e. The molecular formula is C17H17N3O4S. The average molecular weight is 359 g/mol. The maximum absolute atomic E-state index is 12.6. The molecule has 0 saturated heterocycles. The number of hydrogen-bond acceptors (Lipinski definition) is 6. The van der Waals surface area contributed by atoms with E-state index in [1.54, 1.807) is 31.3 Å². The fourth-order valence-corrected chi connectivity index (χ4v) is 3.49. The van der Waals surface area contributed by atoms with Crippen molar-refractivity contribution in [1.29, 1.82) is 0 Å². The fourth-order valence-electron chi connectivity index (χ4n) is 2.62. The van der Waals surface area contributed by atoms with Gasteiger partial charge in [0.2, 0.25) is 0 Å². The number of pyridine rings is 2. The molecule has 0 aromatic carbocycles. The van der Waals surface area contributed by atoms with Crippen LogP contribution in [0.2, 0.25) is 0 Å². The second kappa shape index (κ2) is 6.29. The molecular weight excluding hydrogens is 342 g/mol. The average Bonchev–Trinajstić information content (AvgIpc) is 2.93. The number of fused-ring (bicyclic) bond motifs is 1. The highest BCUT2D eigenvalue weighted by atomic mass is 32.2. The molecule has 8 heteroatoms. The topological polar surface area (TPSA) is 90.6 Å². The Morgan fingerprint density at radius 1 is 1.24 bits per heavy atom. The number of nitrogens with zero attached hydrogens (tertiary/aromatic N) is 3. The summed E-state index contributed by atoms with van der Waals surface area (Å²) in [6, 6.07) is 8.36. The van der Waals surface area contributed by atoms with E-state index in [0.717, 1.165) is 11.9 Å². The van der Waals surface area contributed by atoms with Gasteiger partial charge in [0, 0.05) is 18.1 Å². The van der Waals surface area contributed by atoms with Crippen molar-refractivity contribution < 1.29 is 17.9 Å². The normalized spacial score (nSPS) is 11.6. The molecule has 0 aliphatic carbocycles. The molecule has 3 aromatic rings. The van der Waals surface area contributed by atoms with Crippen molar-refractivity contribution in [2.75, 3.05) is 12.9 Å². The number of rotatable bonds is 4. The summed E-state index contributed by atoms with van der Waals surface area (Å²) in [5.74, 6) is -0.632. The molecule has 0 unspecified atom stereocenters. The van der Waals surface area contributed by atoms with Crippen LogP contribution in [0.3, 0.4) is 0 Å². The lowest BCUT2D eigenvalue weighted by Gasteiger charge is -2.06. The molecule has 0 saturated carbocycles. The lowest BCUT2D eigenvalue weighted by atomic mass is 10.1. The summed E-state index contributed by atoms with van der Waals surface area (Å²) in [5.41, 5.74) is 1.82. The van der Waals surface area contributed by atoms with Crippen LogP contribution in [0.15, 0.2) is 41.4 Å². The molecule has 0 radical (unpaired) electrons. The highest BCUT2D eigenvalue weighted by Crippen LogP contribution is 2.30. The molecule has 0 amide bonds. The van der Waals surface area contributed by atoms with Crippen molar-refractivity contribution in [2.45, 2.75) is 18.7 Å². The molecule has 3 aromatic heterocycles. The minimum absolute atomic E-state index is 0.0180. The SMILES string of the molecule is CCOC(=O)c1c(-c2cccc(C)n2)nn2cccc(S(C)(=O)=O)c12. The van der Waals surface area contributed by atoms with Crippen molar-refractivity contribution >= 4 is 21.3 Å². The van der Waals surface area contributed by atoms with Gasteiger partial charge in [-0.1, -0.05) is 6.07 Å². The van der Waals surface area contributed by atoms with Crippen LogP contribution in [-0.2, 0) is 14.6 Å². The fraction of sp³-hybridized carbons (Fsp3) is 0.235. The van der Waals surface area contributed by atoms with Gasteiger partial charge in [0.05, 0.1) is 17.2 Å². The first-order valence-corrected chi connectivity index (χ1v) is 9.54. The smallest absolute Gasteiger partial charge is 0.342 e. The van der Waals surface area contributed by atoms with Crippen LogP contribution >= 0.6 is 0 Å². The Morgan fingerprint density at radius 3 is 2.64 bits per heavy atom. The van der Waals surface area contributed by atoms with Gasteiger partial charge in [-0.05, 0) is 38.1 Å². The third kappa shape index (κ3) is 3.12. The van der Waals surface area contributed by atoms with Crippen LogP contribution in [0.1, 0.15) is 23.0 Å². The summed E-state index contributed by atoms with van der Waals surface area (Å²) < 4.78 is 30.9. The Balaban J connectivity index is 2.42. The Kier molecular flexibility index (Phi) is 4.30. The molecule has 3 rings (SSSR count). The van der Waals surface area contributed by atoms with E-state index in [-0.39, 0.29) is 22.6 Å². The number of aryl methyl sites for hydroxylation is 1. The number of carbonyl (C=O) groups excluding carboxylic acids is 1. The summed E-state index contributed by atoms with van der Waals surface area (Å²) in [6.45, 7) is 3.68. The van der Waals surface area contributed by atoms with Gasteiger partial charge < -0.3 is 4.74 Å². The zero-order chi connectivity index (χ0) is 18.2. The molecule has 25 heavy (non-hydrogen) atoms. The van der Waals surface area contributed by atoms with Crippen LogP contribution in [-0.4, -0.2) is 41.8 Å². The predicted molar refractivity (Wildman–Crippen MR) is 92.2 cm³/mol. The number of aromatic nitrogens is 3. The lowest BCUT2D eigenvalue weighted by molar-refractivity contribution is 0.0529. The van der Waals surface area contributed by atoms with E-state index in [1.165, 1.54) is 10.6 Å². The molecule has 0 bridgehead atoms. The third-order valence-corrected chi connectivity index (χ3v) is 4.76. The van der Waals surface area contributed by atoms with Gasteiger partial charge in [-0.3, -0.25) is 4.98 Å². The molecule has 0 aliphatic rings. The molecule has 130 valence electrons. The van der Waals surface area contributed by atoms with E-state index in [1.807, 2.05) is 13.0 Å². The summed E-state index contributed by atoms with van der Waals surface area (Å²) in [4.78, 5) is 17.0. The van der Waals surface area contributed by atoms with Crippen molar-refractivity contribution in [3.63, 3.8) is 0 Å². The van der Waals surface area contributed by atoms with Crippen molar-refractivity contribution in [3.05, 3.63) is 47.8 Å². The van der Waals surface area contributed by atoms with Crippen molar-refractivity contribution in [3.8, 4) is 11.4 Å². The monoisotopic (exact) mass is 359 g/mol. The number of esters is 1. The highest BCUT2D eigenvalue weighted by Gasteiger charge is 2.27. The van der Waals surface area contributed by atoms with Crippen LogP contribution in [0.25, 0.3) is 16.9 Å². The van der Waals surface area contributed by atoms with Gasteiger partial charge in [0.1, 0.15) is 16.8 Å². The molecule has 0 aliphatic heterocycles. The predicted octanol–water partition coefficient (Wildman–Crippen LogP) is 2.28. The van der Waals surface area contributed by atoms with Crippen LogP contribution in [0, 0.1) is 6.92 Å². The van der Waals surface area contributed by atoms with E-state index in [9.17, 15) is 13.2 Å². The second-order valence-electron chi connectivity index (χ2n) is 5.55. The van der Waals surface area contributed by atoms with E-state index in [2.05, 4.69) is 10.1 Å². The molecule has 0 spiro atoms. The molecule has 0 N–H and O–H groups in total. The first-order chi connectivity index (χ1) is 11.8. The number of ether oxygens (including phenoxy) is 1. The first-order valence-electron chi connectivity index (χ1n) is 7.65. The Hall–Kier alpha value is -2.74. The van der Waals surface area contributed by atoms with E-state index >= 15 is 0 Å². The van der Waals surface area contributed by atoms with Gasteiger partial charge >= 0.3 is 5.97 Å². The summed E-state index contributed by atoms with van der Waals surface area (Å²) in [7, 11) is -3.57. The minimum Gasteiger partial charge on any atom is -0.462 e. The molecule has 3 heterocycles. The van der Waals surface area contributed by atoms with Crippen molar-refractivity contribution in [1.82, 2.24) is 14.6 Å². The highest BCUT2D eigenvalue weighted by molar-refractivity contribution is 7.91. The molecule has 7 nitrogen and oxygen atoms in total. The van der Waals surface area contributed by atoms with E-state index < -0.39 is 15.8 Å². The number of hydrogen-bond donors (Lipinski definition) is 0. The van der Waals surface area contributed by atoms with Gasteiger partial charge in [-0.2, -0.15) is 5.10 Å². The second-order valence-corrected chi connectivity index (χ2v) is 7.53. The summed E-state index contributed by atoms with van der Waals surface area (Å²) in [5, 5.41) is 4.39. The summed E-state index contributed by atoms with van der Waals surface area (Å²) in [6.07, 6.45) is 2.68.